The number of hydrogen-bond acceptors (Lipinski definition) is 2. The molecule has 1 unspecified atom stereocenters. The van der Waals surface area contributed by atoms with Gasteiger partial charge in [0.25, 0.3) is 0 Å². The van der Waals surface area contributed by atoms with Crippen molar-refractivity contribution in [3.8, 4) is 0 Å². The van der Waals surface area contributed by atoms with E-state index in [-0.39, 0.29) is 5.60 Å². The summed E-state index contributed by atoms with van der Waals surface area (Å²) in [5.41, 5.74) is 3.48. The molecular formula is C13H14N2O. The van der Waals surface area contributed by atoms with Crippen molar-refractivity contribution in [1.29, 1.82) is 0 Å². The summed E-state index contributed by atoms with van der Waals surface area (Å²) >= 11 is 0. The van der Waals surface area contributed by atoms with Crippen LogP contribution in [0.4, 0.5) is 0 Å². The van der Waals surface area contributed by atoms with Gasteiger partial charge in [-0.15, -0.1) is 0 Å². The van der Waals surface area contributed by atoms with Gasteiger partial charge in [-0.05, 0) is 18.1 Å². The summed E-state index contributed by atoms with van der Waals surface area (Å²) in [6.07, 6.45) is 4.40. The number of aromatic nitrogens is 2. The van der Waals surface area contributed by atoms with E-state index >= 15 is 0 Å². The van der Waals surface area contributed by atoms with Crippen LogP contribution in [0, 0.1) is 0 Å². The van der Waals surface area contributed by atoms with Crippen molar-refractivity contribution in [3.05, 3.63) is 53.6 Å². The fraction of sp³-hybridized carbons (Fsp3) is 0.308. The molecule has 3 nitrogen and oxygen atoms in total. The smallest absolute Gasteiger partial charge is 0.0966 e. The van der Waals surface area contributed by atoms with Crippen molar-refractivity contribution in [2.75, 3.05) is 0 Å². The summed E-state index contributed by atoms with van der Waals surface area (Å²) < 4.78 is 5.94. The zero-order valence-electron chi connectivity index (χ0n) is 9.23. The van der Waals surface area contributed by atoms with Crippen LogP contribution in [0.3, 0.4) is 0 Å². The van der Waals surface area contributed by atoms with Crippen LogP contribution in [-0.4, -0.2) is 9.97 Å². The topological polar surface area (TPSA) is 37.9 Å². The molecule has 1 aliphatic rings. The maximum absolute atomic E-state index is 5.94. The molecule has 0 aliphatic carbocycles. The molecule has 1 N–H and O–H groups in total. The fourth-order valence-electron chi connectivity index (χ4n) is 2.37. The van der Waals surface area contributed by atoms with E-state index in [1.54, 1.807) is 6.33 Å². The number of fused-ring (bicyclic) bond motifs is 1. The lowest BCUT2D eigenvalue weighted by molar-refractivity contribution is -0.0234. The Labute approximate surface area is 94.5 Å². The van der Waals surface area contributed by atoms with Crippen LogP contribution in [0.2, 0.25) is 0 Å². The summed E-state index contributed by atoms with van der Waals surface area (Å²) in [6.45, 7) is 2.85. The summed E-state index contributed by atoms with van der Waals surface area (Å²) in [6, 6.07) is 8.41. The molecule has 3 heteroatoms. The van der Waals surface area contributed by atoms with E-state index in [1.165, 1.54) is 11.1 Å². The molecule has 2 aromatic rings. The summed E-state index contributed by atoms with van der Waals surface area (Å²) in [5.74, 6) is 0. The first kappa shape index (κ1) is 9.60. The number of benzene rings is 1. The lowest BCUT2D eigenvalue weighted by Gasteiger charge is -2.23. The second-order valence-corrected chi connectivity index (χ2v) is 4.43. The molecule has 1 atom stereocenters. The Kier molecular flexibility index (Phi) is 2.07. The Morgan fingerprint density at radius 2 is 2.31 bits per heavy atom. The van der Waals surface area contributed by atoms with E-state index < -0.39 is 0 Å². The van der Waals surface area contributed by atoms with E-state index in [1.807, 2.05) is 6.20 Å². The number of ether oxygens (including phenoxy) is 1. The molecule has 1 aromatic carbocycles. The standard InChI is InChI=1S/C13H14N2O/c1-13(6-11-7-14-9-15-11)12-5-3-2-4-10(12)8-16-13/h2-5,7,9H,6,8H2,1H3,(H,14,15). The minimum atomic E-state index is -0.219. The van der Waals surface area contributed by atoms with Gasteiger partial charge in [-0.1, -0.05) is 24.3 Å². The Bertz CT molecular complexity index is 492. The van der Waals surface area contributed by atoms with Gasteiger partial charge in [0, 0.05) is 18.3 Å². The first-order valence-corrected chi connectivity index (χ1v) is 5.47. The molecule has 16 heavy (non-hydrogen) atoms. The average Bonchev–Trinajstić information content (AvgIpc) is 2.89. The zero-order chi connectivity index (χ0) is 11.0. The molecule has 0 spiro atoms. The Morgan fingerprint density at radius 1 is 1.44 bits per heavy atom. The number of aromatic amines is 1. The van der Waals surface area contributed by atoms with Gasteiger partial charge in [0.1, 0.15) is 0 Å². The van der Waals surface area contributed by atoms with Gasteiger partial charge < -0.3 is 9.72 Å². The lowest BCUT2D eigenvalue weighted by Crippen LogP contribution is -2.23. The van der Waals surface area contributed by atoms with Crippen LogP contribution in [-0.2, 0) is 23.4 Å². The van der Waals surface area contributed by atoms with Gasteiger partial charge in [-0.2, -0.15) is 0 Å². The molecule has 0 saturated heterocycles. The van der Waals surface area contributed by atoms with Crippen molar-refractivity contribution in [3.63, 3.8) is 0 Å². The molecule has 1 aliphatic heterocycles. The molecule has 82 valence electrons. The van der Waals surface area contributed by atoms with Gasteiger partial charge >= 0.3 is 0 Å². The summed E-state index contributed by atoms with van der Waals surface area (Å²) in [5, 5.41) is 0. The number of imidazole rings is 1. The normalized spacial score (nSPS) is 23.3. The molecule has 0 amide bonds. The third kappa shape index (κ3) is 1.44. The van der Waals surface area contributed by atoms with E-state index in [9.17, 15) is 0 Å². The minimum Gasteiger partial charge on any atom is -0.365 e. The van der Waals surface area contributed by atoms with Gasteiger partial charge in [0.2, 0.25) is 0 Å². The van der Waals surface area contributed by atoms with Crippen LogP contribution in [0.15, 0.2) is 36.8 Å². The second kappa shape index (κ2) is 3.46. The molecule has 0 fully saturated rings. The van der Waals surface area contributed by atoms with Crippen molar-refractivity contribution >= 4 is 0 Å². The van der Waals surface area contributed by atoms with Gasteiger partial charge in [0.15, 0.2) is 0 Å². The maximum atomic E-state index is 5.94. The van der Waals surface area contributed by atoms with Gasteiger partial charge in [-0.3, -0.25) is 0 Å². The number of nitrogens with one attached hydrogen (secondary N) is 1. The highest BCUT2D eigenvalue weighted by Gasteiger charge is 2.35. The van der Waals surface area contributed by atoms with Crippen LogP contribution in [0.1, 0.15) is 23.7 Å². The molecule has 0 bridgehead atoms. The van der Waals surface area contributed by atoms with E-state index in [0.717, 1.165) is 12.1 Å². The van der Waals surface area contributed by atoms with Crippen LogP contribution < -0.4 is 0 Å². The number of H-pyrrole nitrogens is 1. The summed E-state index contributed by atoms with van der Waals surface area (Å²) in [7, 11) is 0. The molecule has 3 rings (SSSR count). The minimum absolute atomic E-state index is 0.219. The third-order valence-electron chi connectivity index (χ3n) is 3.22. The average molecular weight is 214 g/mol. The van der Waals surface area contributed by atoms with E-state index in [4.69, 9.17) is 4.74 Å². The lowest BCUT2D eigenvalue weighted by atomic mass is 9.90. The van der Waals surface area contributed by atoms with Gasteiger partial charge in [0.05, 0.1) is 18.5 Å². The number of nitrogens with zero attached hydrogens (tertiary/aromatic N) is 1. The first-order chi connectivity index (χ1) is 7.78. The Hall–Kier alpha value is -1.61. The fourth-order valence-corrected chi connectivity index (χ4v) is 2.37. The summed E-state index contributed by atoms with van der Waals surface area (Å²) in [4.78, 5) is 7.17. The molecular weight excluding hydrogens is 200 g/mol. The maximum Gasteiger partial charge on any atom is 0.0966 e. The van der Waals surface area contributed by atoms with Gasteiger partial charge in [-0.25, -0.2) is 4.98 Å². The predicted octanol–water partition coefficient (Wildman–Crippen LogP) is 2.40. The molecule has 2 heterocycles. The first-order valence-electron chi connectivity index (χ1n) is 5.47. The Morgan fingerprint density at radius 3 is 3.12 bits per heavy atom. The van der Waals surface area contributed by atoms with E-state index in [2.05, 4.69) is 41.2 Å². The van der Waals surface area contributed by atoms with E-state index in [0.29, 0.717) is 6.61 Å². The monoisotopic (exact) mass is 214 g/mol. The Balaban J connectivity index is 1.95. The molecule has 0 saturated carbocycles. The van der Waals surface area contributed by atoms with Crippen molar-refractivity contribution in [2.24, 2.45) is 0 Å². The van der Waals surface area contributed by atoms with Crippen LogP contribution >= 0.6 is 0 Å². The SMILES string of the molecule is CC1(Cc2cnc[nH]2)OCc2ccccc21. The highest BCUT2D eigenvalue weighted by atomic mass is 16.5. The molecule has 0 radical (unpaired) electrons. The quantitative estimate of drug-likeness (QED) is 0.833. The highest BCUT2D eigenvalue weighted by molar-refractivity contribution is 5.35. The molecule has 1 aromatic heterocycles. The third-order valence-corrected chi connectivity index (χ3v) is 3.22. The van der Waals surface area contributed by atoms with Crippen molar-refractivity contribution in [2.45, 2.75) is 25.6 Å². The number of hydrogen-bond donors (Lipinski definition) is 1. The van der Waals surface area contributed by atoms with Crippen LogP contribution in [0.5, 0.6) is 0 Å². The number of rotatable bonds is 2. The van der Waals surface area contributed by atoms with Crippen molar-refractivity contribution in [1.82, 2.24) is 9.97 Å². The second-order valence-electron chi connectivity index (χ2n) is 4.43. The zero-order valence-corrected chi connectivity index (χ0v) is 9.23. The highest BCUT2D eigenvalue weighted by Crippen LogP contribution is 2.38. The van der Waals surface area contributed by atoms with Crippen molar-refractivity contribution < 1.29 is 4.74 Å². The predicted molar refractivity (Wildman–Crippen MR) is 60.9 cm³/mol. The van der Waals surface area contributed by atoms with Crippen LogP contribution in [0.25, 0.3) is 0 Å². The largest absolute Gasteiger partial charge is 0.365 e.